The number of nitrogens with zero attached hydrogens (tertiary/aromatic N) is 1. The number of carbonyl (C=O) groups excluding carboxylic acids is 2. The van der Waals surface area contributed by atoms with Crippen LogP contribution in [0.1, 0.15) is 46.0 Å². The number of hydrogen-bond donors (Lipinski definition) is 4. The number of nitrogens with one attached hydrogen (secondary N) is 3. The van der Waals surface area contributed by atoms with Crippen LogP contribution in [0.4, 0.5) is 4.79 Å². The van der Waals surface area contributed by atoms with E-state index in [-0.39, 0.29) is 36.7 Å². The van der Waals surface area contributed by atoms with Gasteiger partial charge in [-0.25, -0.2) is 4.79 Å². The molecule has 3 amide bonds. The fourth-order valence-electron chi connectivity index (χ4n) is 3.56. The molecule has 0 aliphatic carbocycles. The summed E-state index contributed by atoms with van der Waals surface area (Å²) in [6.45, 7) is 7.40. The van der Waals surface area contributed by atoms with Crippen molar-refractivity contribution in [3.63, 3.8) is 0 Å². The van der Waals surface area contributed by atoms with Crippen molar-refractivity contribution in [2.45, 2.75) is 70.2 Å². The summed E-state index contributed by atoms with van der Waals surface area (Å²) in [4.78, 5) is 26.3. The lowest BCUT2D eigenvalue weighted by Crippen LogP contribution is -2.54. The van der Waals surface area contributed by atoms with Crippen LogP contribution in [0.15, 0.2) is 0 Å². The number of rotatable bonds is 8. The summed E-state index contributed by atoms with van der Waals surface area (Å²) in [5, 5.41) is 18.1. The summed E-state index contributed by atoms with van der Waals surface area (Å²) in [7, 11) is 0. The van der Waals surface area contributed by atoms with Gasteiger partial charge in [0.15, 0.2) is 0 Å². The molecule has 3 atom stereocenters. The van der Waals surface area contributed by atoms with Gasteiger partial charge >= 0.3 is 6.03 Å². The zero-order chi connectivity index (χ0) is 18.9. The first kappa shape index (κ1) is 20.9. The van der Waals surface area contributed by atoms with Crippen molar-refractivity contribution >= 4 is 11.9 Å². The van der Waals surface area contributed by atoms with Crippen LogP contribution in [-0.4, -0.2) is 79.0 Å². The fraction of sp³-hybridized carbons (Fsp3) is 0.889. The Balaban J connectivity index is 1.68. The highest BCUT2D eigenvalue weighted by Gasteiger charge is 2.32. The second-order valence-electron chi connectivity index (χ2n) is 7.54. The minimum atomic E-state index is -0.482. The zero-order valence-corrected chi connectivity index (χ0v) is 16.0. The maximum Gasteiger partial charge on any atom is 0.315 e. The lowest BCUT2D eigenvalue weighted by Gasteiger charge is -2.36. The van der Waals surface area contributed by atoms with Gasteiger partial charge in [-0.2, -0.15) is 0 Å². The van der Waals surface area contributed by atoms with Gasteiger partial charge in [-0.05, 0) is 52.6 Å². The average Bonchev–Trinajstić information content (AvgIpc) is 3.08. The Morgan fingerprint density at radius 2 is 1.96 bits per heavy atom. The standard InChI is InChI=1S/C18H34N4O4/c1-13(2)20-18(25)21-15-6-5-14(26-16(15)12-23)11-17(24)19-7-10-22-8-3-4-9-22/h13-16,23H,3-12H2,1-2H3,(H,19,24)(H2,20,21,25)/t14-,15+,16+/m1/s1. The second-order valence-corrected chi connectivity index (χ2v) is 7.54. The van der Waals surface area contributed by atoms with E-state index in [9.17, 15) is 14.7 Å². The predicted octanol–water partition coefficient (Wildman–Crippen LogP) is 0.205. The van der Waals surface area contributed by atoms with Crippen LogP contribution >= 0.6 is 0 Å². The Morgan fingerprint density at radius 1 is 1.23 bits per heavy atom. The van der Waals surface area contributed by atoms with E-state index < -0.39 is 6.10 Å². The zero-order valence-electron chi connectivity index (χ0n) is 16.0. The number of aliphatic hydroxyl groups is 1. The summed E-state index contributed by atoms with van der Waals surface area (Å²) in [5.41, 5.74) is 0. The molecule has 26 heavy (non-hydrogen) atoms. The number of urea groups is 1. The van der Waals surface area contributed by atoms with Crippen LogP contribution in [-0.2, 0) is 9.53 Å². The van der Waals surface area contributed by atoms with Gasteiger partial charge in [0.2, 0.25) is 5.91 Å². The van der Waals surface area contributed by atoms with Crippen molar-refractivity contribution in [3.8, 4) is 0 Å². The lowest BCUT2D eigenvalue weighted by atomic mass is 9.97. The first-order chi connectivity index (χ1) is 12.5. The second kappa shape index (κ2) is 10.7. The topological polar surface area (TPSA) is 103 Å². The molecular weight excluding hydrogens is 336 g/mol. The van der Waals surface area contributed by atoms with Gasteiger partial charge in [-0.15, -0.1) is 0 Å². The molecule has 0 unspecified atom stereocenters. The van der Waals surface area contributed by atoms with Crippen LogP contribution in [0.3, 0.4) is 0 Å². The third-order valence-electron chi connectivity index (χ3n) is 4.89. The monoisotopic (exact) mass is 370 g/mol. The summed E-state index contributed by atoms with van der Waals surface area (Å²) < 4.78 is 5.84. The average molecular weight is 370 g/mol. The van der Waals surface area contributed by atoms with Crippen molar-refractivity contribution < 1.29 is 19.4 Å². The van der Waals surface area contributed by atoms with E-state index in [2.05, 4.69) is 20.9 Å². The summed E-state index contributed by atoms with van der Waals surface area (Å²) >= 11 is 0. The number of aliphatic hydroxyl groups excluding tert-OH is 1. The van der Waals surface area contributed by atoms with Gasteiger partial charge in [0.05, 0.1) is 25.2 Å². The molecule has 2 fully saturated rings. The fourth-order valence-corrected chi connectivity index (χ4v) is 3.56. The van der Waals surface area contributed by atoms with Crippen LogP contribution in [0, 0.1) is 0 Å². The SMILES string of the molecule is CC(C)NC(=O)N[C@H]1CC[C@H](CC(=O)NCCN2CCCC2)O[C@H]1CO. The Labute approximate surface area is 156 Å². The van der Waals surface area contributed by atoms with Crippen LogP contribution < -0.4 is 16.0 Å². The molecule has 0 aromatic rings. The number of amides is 3. The highest BCUT2D eigenvalue weighted by molar-refractivity contribution is 5.76. The molecule has 8 nitrogen and oxygen atoms in total. The molecule has 0 radical (unpaired) electrons. The molecule has 2 aliphatic rings. The Morgan fingerprint density at radius 3 is 2.62 bits per heavy atom. The van der Waals surface area contributed by atoms with Gasteiger partial charge in [-0.3, -0.25) is 4.79 Å². The van der Waals surface area contributed by atoms with E-state index in [4.69, 9.17) is 4.74 Å². The van der Waals surface area contributed by atoms with Crippen LogP contribution in [0.25, 0.3) is 0 Å². The molecule has 8 heteroatoms. The quantitative estimate of drug-likeness (QED) is 0.489. The molecule has 150 valence electrons. The van der Waals surface area contributed by atoms with E-state index in [1.54, 1.807) is 0 Å². The number of ether oxygens (including phenoxy) is 1. The number of hydrogen-bond acceptors (Lipinski definition) is 5. The molecule has 2 saturated heterocycles. The molecule has 0 bridgehead atoms. The van der Waals surface area contributed by atoms with E-state index in [0.717, 1.165) is 19.6 Å². The number of likely N-dealkylation sites (tertiary alicyclic amines) is 1. The minimum Gasteiger partial charge on any atom is -0.394 e. The molecular formula is C18H34N4O4. The summed E-state index contributed by atoms with van der Waals surface area (Å²) in [5.74, 6) is -0.0187. The third kappa shape index (κ3) is 7.09. The van der Waals surface area contributed by atoms with Gasteiger partial charge in [0, 0.05) is 19.1 Å². The minimum absolute atomic E-state index is 0.0187. The maximum absolute atomic E-state index is 12.1. The first-order valence-corrected chi connectivity index (χ1v) is 9.80. The summed E-state index contributed by atoms with van der Waals surface area (Å²) in [6.07, 6.45) is 3.45. The van der Waals surface area contributed by atoms with Crippen molar-refractivity contribution in [2.24, 2.45) is 0 Å². The molecule has 4 N–H and O–H groups in total. The highest BCUT2D eigenvalue weighted by atomic mass is 16.5. The van der Waals surface area contributed by atoms with Crippen molar-refractivity contribution in [1.29, 1.82) is 0 Å². The molecule has 0 saturated carbocycles. The molecule has 0 aromatic carbocycles. The molecule has 2 aliphatic heterocycles. The third-order valence-corrected chi connectivity index (χ3v) is 4.89. The van der Waals surface area contributed by atoms with Gasteiger partial charge in [0.1, 0.15) is 6.10 Å². The van der Waals surface area contributed by atoms with Crippen molar-refractivity contribution in [1.82, 2.24) is 20.9 Å². The molecule has 0 spiro atoms. The Hall–Kier alpha value is -1.38. The van der Waals surface area contributed by atoms with Gasteiger partial charge < -0.3 is 30.7 Å². The summed E-state index contributed by atoms with van der Waals surface area (Å²) in [6, 6.07) is -0.456. The van der Waals surface area contributed by atoms with E-state index >= 15 is 0 Å². The van der Waals surface area contributed by atoms with E-state index in [0.29, 0.717) is 25.8 Å². The smallest absolute Gasteiger partial charge is 0.315 e. The van der Waals surface area contributed by atoms with Gasteiger partial charge in [0.25, 0.3) is 0 Å². The predicted molar refractivity (Wildman–Crippen MR) is 98.9 cm³/mol. The van der Waals surface area contributed by atoms with Crippen molar-refractivity contribution in [2.75, 3.05) is 32.8 Å². The van der Waals surface area contributed by atoms with E-state index in [1.165, 1.54) is 12.8 Å². The van der Waals surface area contributed by atoms with Gasteiger partial charge in [-0.1, -0.05) is 0 Å². The maximum atomic E-state index is 12.1. The largest absolute Gasteiger partial charge is 0.394 e. The first-order valence-electron chi connectivity index (χ1n) is 9.80. The lowest BCUT2D eigenvalue weighted by molar-refractivity contribution is -0.130. The Kier molecular flexibility index (Phi) is 8.61. The molecule has 0 aromatic heterocycles. The molecule has 2 rings (SSSR count). The van der Waals surface area contributed by atoms with Crippen LogP contribution in [0.2, 0.25) is 0 Å². The normalized spacial score (nSPS) is 26.7. The van der Waals surface area contributed by atoms with Crippen molar-refractivity contribution in [3.05, 3.63) is 0 Å². The van der Waals surface area contributed by atoms with E-state index in [1.807, 2.05) is 13.8 Å². The highest BCUT2D eigenvalue weighted by Crippen LogP contribution is 2.22. The molecule has 2 heterocycles. The van der Waals surface area contributed by atoms with Crippen LogP contribution in [0.5, 0.6) is 0 Å². The number of carbonyl (C=O) groups is 2. The Bertz CT molecular complexity index is 454.